The Morgan fingerprint density at radius 3 is 2.53 bits per heavy atom. The number of amides is 1. The molecule has 0 spiro atoms. The summed E-state index contributed by atoms with van der Waals surface area (Å²) in [7, 11) is 2.93. The maximum absolute atomic E-state index is 12.2. The second-order valence-corrected chi connectivity index (χ2v) is 4.39. The zero-order valence-electron chi connectivity index (χ0n) is 11.3. The van der Waals surface area contributed by atoms with Crippen LogP contribution in [0.4, 0.5) is 0 Å². The van der Waals surface area contributed by atoms with Crippen molar-refractivity contribution in [2.45, 2.75) is 18.6 Å². The van der Waals surface area contributed by atoms with Crippen molar-refractivity contribution >= 4 is 5.91 Å². The average molecular weight is 262 g/mol. The number of nitrogens with one attached hydrogen (secondary N) is 1. The third-order valence-corrected chi connectivity index (χ3v) is 2.66. The minimum atomic E-state index is -1.07. The topological polar surface area (TPSA) is 71.3 Å². The Labute approximate surface area is 113 Å². The van der Waals surface area contributed by atoms with Crippen LogP contribution < -0.4 is 5.32 Å². The molecule has 1 N–H and O–H groups in total. The van der Waals surface area contributed by atoms with Crippen molar-refractivity contribution < 1.29 is 14.3 Å². The fourth-order valence-electron chi connectivity index (χ4n) is 1.74. The average Bonchev–Trinajstić information content (AvgIpc) is 2.41. The Hall–Kier alpha value is -1.90. The fraction of sp³-hybridized carbons (Fsp3) is 0.429. The summed E-state index contributed by atoms with van der Waals surface area (Å²) in [5, 5.41) is 11.7. The van der Waals surface area contributed by atoms with Crippen molar-refractivity contribution in [3.63, 3.8) is 0 Å². The highest BCUT2D eigenvalue weighted by Gasteiger charge is 2.30. The molecule has 0 saturated heterocycles. The number of carbonyl (C=O) groups is 1. The summed E-state index contributed by atoms with van der Waals surface area (Å²) in [6.45, 7) is 1.71. The summed E-state index contributed by atoms with van der Waals surface area (Å²) >= 11 is 0. The first-order chi connectivity index (χ1) is 9.06. The van der Waals surface area contributed by atoms with Crippen molar-refractivity contribution in [2.24, 2.45) is 0 Å². The van der Waals surface area contributed by atoms with Crippen LogP contribution in [-0.2, 0) is 14.3 Å². The molecule has 0 aliphatic rings. The van der Waals surface area contributed by atoms with Crippen LogP contribution in [0.2, 0.25) is 0 Å². The highest BCUT2D eigenvalue weighted by molar-refractivity contribution is 5.83. The van der Waals surface area contributed by atoms with Gasteiger partial charge in [0.2, 0.25) is 0 Å². The molecule has 0 heterocycles. The second kappa shape index (κ2) is 6.88. The van der Waals surface area contributed by atoms with Gasteiger partial charge in [-0.1, -0.05) is 30.3 Å². The maximum Gasteiger partial charge on any atom is 0.255 e. The highest BCUT2D eigenvalue weighted by Crippen LogP contribution is 2.17. The van der Waals surface area contributed by atoms with Crippen molar-refractivity contribution in [1.29, 1.82) is 5.26 Å². The van der Waals surface area contributed by atoms with Crippen LogP contribution in [0.1, 0.15) is 18.6 Å². The van der Waals surface area contributed by atoms with E-state index < -0.39 is 11.6 Å². The van der Waals surface area contributed by atoms with Gasteiger partial charge in [0.25, 0.3) is 5.91 Å². The Morgan fingerprint density at radius 1 is 1.42 bits per heavy atom. The molecule has 0 saturated carbocycles. The molecular weight excluding hydrogens is 244 g/mol. The molecule has 1 amide bonds. The maximum atomic E-state index is 12.2. The lowest BCUT2D eigenvalue weighted by atomic mass is 10.0. The summed E-state index contributed by atoms with van der Waals surface area (Å²) in [4.78, 5) is 12.2. The number of hydrogen-bond acceptors (Lipinski definition) is 4. The van der Waals surface area contributed by atoms with Gasteiger partial charge in [0.05, 0.1) is 12.7 Å². The number of benzene rings is 1. The third-order valence-electron chi connectivity index (χ3n) is 2.66. The molecule has 5 heteroatoms. The van der Waals surface area contributed by atoms with Crippen LogP contribution in [0.3, 0.4) is 0 Å². The first kappa shape index (κ1) is 15.2. The Balaban J connectivity index is 2.84. The van der Waals surface area contributed by atoms with Crippen molar-refractivity contribution in [3.05, 3.63) is 35.9 Å². The Morgan fingerprint density at radius 2 is 2.05 bits per heavy atom. The second-order valence-electron chi connectivity index (χ2n) is 4.39. The van der Waals surface area contributed by atoms with Crippen LogP contribution in [0, 0.1) is 11.3 Å². The molecule has 102 valence electrons. The van der Waals surface area contributed by atoms with E-state index in [0.29, 0.717) is 0 Å². The lowest BCUT2D eigenvalue weighted by molar-refractivity contribution is -0.133. The molecule has 0 unspecified atom stereocenters. The zero-order chi connectivity index (χ0) is 14.3. The van der Waals surface area contributed by atoms with Crippen LogP contribution in [0.25, 0.3) is 0 Å². The van der Waals surface area contributed by atoms with E-state index in [9.17, 15) is 4.79 Å². The van der Waals surface area contributed by atoms with Crippen LogP contribution in [-0.4, -0.2) is 32.3 Å². The highest BCUT2D eigenvalue weighted by atomic mass is 16.5. The van der Waals surface area contributed by atoms with E-state index in [1.807, 2.05) is 24.3 Å². The molecule has 19 heavy (non-hydrogen) atoms. The molecule has 0 aromatic heterocycles. The first-order valence-corrected chi connectivity index (χ1v) is 5.86. The predicted molar refractivity (Wildman–Crippen MR) is 70.2 cm³/mol. The van der Waals surface area contributed by atoms with Gasteiger partial charge in [-0.15, -0.1) is 0 Å². The fourth-order valence-corrected chi connectivity index (χ4v) is 1.74. The monoisotopic (exact) mass is 262 g/mol. The Kier molecular flexibility index (Phi) is 5.49. The minimum absolute atomic E-state index is 0.112. The van der Waals surface area contributed by atoms with E-state index in [0.717, 1.165) is 5.56 Å². The van der Waals surface area contributed by atoms with Gasteiger partial charge < -0.3 is 14.8 Å². The molecule has 1 rings (SSSR count). The number of ether oxygens (including phenoxy) is 2. The van der Waals surface area contributed by atoms with Gasteiger partial charge in [0.15, 0.2) is 6.10 Å². The molecule has 5 nitrogen and oxygen atoms in total. The summed E-state index contributed by atoms with van der Waals surface area (Å²) in [5.74, 6) is -0.366. The number of nitrogens with zero attached hydrogens (tertiary/aromatic N) is 1. The molecule has 0 aliphatic carbocycles. The van der Waals surface area contributed by atoms with E-state index in [1.54, 1.807) is 19.1 Å². The molecule has 0 fully saturated rings. The molecular formula is C14H18N2O3. The number of rotatable bonds is 6. The van der Waals surface area contributed by atoms with Gasteiger partial charge in [-0.05, 0) is 12.5 Å². The summed E-state index contributed by atoms with van der Waals surface area (Å²) in [6.07, 6.45) is -0.745. The minimum Gasteiger partial charge on any atom is -0.381 e. The number of methoxy groups -OCH3 is 2. The van der Waals surface area contributed by atoms with Crippen molar-refractivity contribution in [2.75, 3.05) is 20.8 Å². The zero-order valence-corrected chi connectivity index (χ0v) is 11.3. The van der Waals surface area contributed by atoms with Gasteiger partial charge in [0, 0.05) is 14.2 Å². The molecule has 1 aromatic carbocycles. The summed E-state index contributed by atoms with van der Waals surface area (Å²) in [6, 6.07) is 11.1. The van der Waals surface area contributed by atoms with E-state index in [-0.39, 0.29) is 12.5 Å². The number of carbonyl (C=O) groups excluding carboxylic acids is 1. The van der Waals surface area contributed by atoms with Gasteiger partial charge >= 0.3 is 0 Å². The largest absolute Gasteiger partial charge is 0.381 e. The van der Waals surface area contributed by atoms with Gasteiger partial charge in [-0.3, -0.25) is 4.79 Å². The lowest BCUT2D eigenvalue weighted by Gasteiger charge is -2.25. The number of hydrogen-bond donors (Lipinski definition) is 1. The van der Waals surface area contributed by atoms with Crippen LogP contribution in [0.5, 0.6) is 0 Å². The van der Waals surface area contributed by atoms with E-state index in [1.165, 1.54) is 14.2 Å². The van der Waals surface area contributed by atoms with Gasteiger partial charge in [0.1, 0.15) is 5.54 Å². The lowest BCUT2D eigenvalue weighted by Crippen LogP contribution is -2.50. The SMILES string of the molecule is COC[C@@](C)(C#N)NC(=O)[C@@H](OC)c1ccccc1. The first-order valence-electron chi connectivity index (χ1n) is 5.86. The van der Waals surface area contributed by atoms with Gasteiger partial charge in [-0.2, -0.15) is 5.26 Å². The third kappa shape index (κ3) is 4.05. The molecule has 0 bridgehead atoms. The van der Waals surface area contributed by atoms with Gasteiger partial charge in [-0.25, -0.2) is 0 Å². The predicted octanol–water partition coefficient (Wildman–Crippen LogP) is 1.42. The molecule has 1 aromatic rings. The normalized spacial score (nSPS) is 15.1. The quantitative estimate of drug-likeness (QED) is 0.841. The molecule has 0 aliphatic heterocycles. The van der Waals surface area contributed by atoms with Crippen LogP contribution in [0.15, 0.2) is 30.3 Å². The number of nitriles is 1. The Bertz CT molecular complexity index is 456. The molecule has 0 radical (unpaired) electrons. The summed E-state index contributed by atoms with van der Waals surface area (Å²) in [5.41, 5.74) is -0.336. The summed E-state index contributed by atoms with van der Waals surface area (Å²) < 4.78 is 10.1. The van der Waals surface area contributed by atoms with Crippen molar-refractivity contribution in [1.82, 2.24) is 5.32 Å². The van der Waals surface area contributed by atoms with Crippen LogP contribution >= 0.6 is 0 Å². The van der Waals surface area contributed by atoms with E-state index in [4.69, 9.17) is 14.7 Å². The smallest absolute Gasteiger partial charge is 0.255 e. The van der Waals surface area contributed by atoms with E-state index >= 15 is 0 Å². The van der Waals surface area contributed by atoms with Crippen molar-refractivity contribution in [3.8, 4) is 6.07 Å². The molecule has 2 atom stereocenters. The van der Waals surface area contributed by atoms with E-state index in [2.05, 4.69) is 5.32 Å². The standard InChI is InChI=1S/C14H18N2O3/c1-14(9-15,10-18-2)16-13(17)12(19-3)11-7-5-4-6-8-11/h4-8,12H,10H2,1-3H3,(H,16,17)/t12-,14+/m0/s1.